The smallest absolute Gasteiger partial charge is 0.454 e. The molecule has 138 valence electrons. The van der Waals surface area contributed by atoms with Gasteiger partial charge in [-0.2, -0.15) is 0 Å². The summed E-state index contributed by atoms with van der Waals surface area (Å²) in [5, 5.41) is 2.52. The molecule has 1 aliphatic heterocycles. The number of pyridine rings is 1. The topological polar surface area (TPSA) is 82.7 Å². The van der Waals surface area contributed by atoms with Gasteiger partial charge in [-0.3, -0.25) is 9.59 Å². The van der Waals surface area contributed by atoms with Crippen LogP contribution in [0.4, 0.5) is 14.5 Å². The van der Waals surface area contributed by atoms with Crippen molar-refractivity contribution in [3.05, 3.63) is 76.6 Å². The zero-order valence-corrected chi connectivity index (χ0v) is 13.6. The first-order chi connectivity index (χ1) is 12.9. The van der Waals surface area contributed by atoms with Crippen LogP contribution >= 0.6 is 0 Å². The van der Waals surface area contributed by atoms with Gasteiger partial charge in [0.05, 0.1) is 6.54 Å². The fourth-order valence-corrected chi connectivity index (χ4v) is 2.56. The Morgan fingerprint density at radius 1 is 1.07 bits per heavy atom. The van der Waals surface area contributed by atoms with Crippen LogP contribution in [0.15, 0.2) is 63.9 Å². The zero-order valence-electron chi connectivity index (χ0n) is 13.6. The number of amides is 1. The monoisotopic (exact) mass is 374 g/mol. The molecule has 0 bridgehead atoms. The molecule has 3 heterocycles. The van der Waals surface area contributed by atoms with Crippen molar-refractivity contribution in [2.24, 2.45) is 0 Å². The van der Waals surface area contributed by atoms with Gasteiger partial charge in [0.1, 0.15) is 5.76 Å². The number of benzene rings is 1. The highest BCUT2D eigenvalue weighted by Crippen LogP contribution is 2.42. The van der Waals surface area contributed by atoms with E-state index >= 15 is 0 Å². The fourth-order valence-electron chi connectivity index (χ4n) is 2.56. The summed E-state index contributed by atoms with van der Waals surface area (Å²) in [7, 11) is 0. The number of aromatic nitrogens is 1. The molecule has 1 aromatic carbocycles. The maximum atomic E-state index is 13.0. The molecule has 0 aliphatic carbocycles. The summed E-state index contributed by atoms with van der Waals surface area (Å²) in [6, 6.07) is 11.7. The molecule has 1 aliphatic rings. The first-order valence-corrected chi connectivity index (χ1v) is 7.85. The molecular weight excluding hydrogens is 362 g/mol. The standard InChI is InChI=1S/C18H12F2N2O5/c19-18(20)26-13-6-4-11(9-15(13)27-18)21-17(24)14-7-5-12(25-14)10-22-8-2-1-3-16(22)23/h1-9H,10H2,(H,21,24). The number of carbonyl (C=O) groups excluding carboxylic acids is 1. The van der Waals surface area contributed by atoms with Crippen molar-refractivity contribution in [1.29, 1.82) is 0 Å². The van der Waals surface area contributed by atoms with Gasteiger partial charge in [-0.25, -0.2) is 0 Å². The lowest BCUT2D eigenvalue weighted by molar-refractivity contribution is -0.286. The van der Waals surface area contributed by atoms with Gasteiger partial charge in [-0.1, -0.05) is 6.07 Å². The van der Waals surface area contributed by atoms with Gasteiger partial charge in [0.2, 0.25) is 0 Å². The van der Waals surface area contributed by atoms with Gasteiger partial charge in [-0.15, -0.1) is 8.78 Å². The third kappa shape index (κ3) is 3.52. The number of hydrogen-bond donors (Lipinski definition) is 1. The predicted octanol–water partition coefficient (Wildman–Crippen LogP) is 3.06. The Balaban J connectivity index is 1.46. The van der Waals surface area contributed by atoms with E-state index in [1.165, 1.54) is 34.9 Å². The lowest BCUT2D eigenvalue weighted by Gasteiger charge is -2.05. The normalized spacial score (nSPS) is 14.1. The third-order valence-electron chi connectivity index (χ3n) is 3.77. The Labute approximate surface area is 150 Å². The molecular formula is C18H12F2N2O5. The number of fused-ring (bicyclic) bond motifs is 1. The Morgan fingerprint density at radius 3 is 2.70 bits per heavy atom. The minimum absolute atomic E-state index is 0.0111. The van der Waals surface area contributed by atoms with Crippen LogP contribution in [0.25, 0.3) is 0 Å². The van der Waals surface area contributed by atoms with Gasteiger partial charge in [0.15, 0.2) is 17.3 Å². The number of rotatable bonds is 4. The van der Waals surface area contributed by atoms with Gasteiger partial charge in [-0.05, 0) is 30.3 Å². The minimum Gasteiger partial charge on any atom is -0.454 e. The molecule has 3 aromatic rings. The fraction of sp³-hybridized carbons (Fsp3) is 0.111. The summed E-state index contributed by atoms with van der Waals surface area (Å²) in [6.07, 6.45) is -2.12. The van der Waals surface area contributed by atoms with Crippen molar-refractivity contribution in [3.63, 3.8) is 0 Å². The average Bonchev–Trinajstić information content (AvgIpc) is 3.19. The second-order valence-electron chi connectivity index (χ2n) is 5.72. The van der Waals surface area contributed by atoms with E-state index in [0.29, 0.717) is 5.76 Å². The van der Waals surface area contributed by atoms with Crippen molar-refractivity contribution in [1.82, 2.24) is 4.57 Å². The van der Waals surface area contributed by atoms with Gasteiger partial charge in [0, 0.05) is 24.0 Å². The third-order valence-corrected chi connectivity index (χ3v) is 3.77. The van der Waals surface area contributed by atoms with E-state index in [9.17, 15) is 18.4 Å². The molecule has 0 fully saturated rings. The summed E-state index contributed by atoms with van der Waals surface area (Å²) in [5.74, 6) is -0.448. The van der Waals surface area contributed by atoms with Crippen LogP contribution < -0.4 is 20.3 Å². The summed E-state index contributed by atoms with van der Waals surface area (Å²) >= 11 is 0. The van der Waals surface area contributed by atoms with Crippen LogP contribution in [-0.2, 0) is 6.54 Å². The molecule has 4 rings (SSSR count). The summed E-state index contributed by atoms with van der Waals surface area (Å²) in [6.45, 7) is 0.173. The van der Waals surface area contributed by atoms with Crippen LogP contribution in [0.2, 0.25) is 0 Å². The summed E-state index contributed by atoms with van der Waals surface area (Å²) in [4.78, 5) is 24.0. The van der Waals surface area contributed by atoms with E-state index in [1.807, 2.05) is 0 Å². The molecule has 27 heavy (non-hydrogen) atoms. The number of furan rings is 1. The van der Waals surface area contributed by atoms with Crippen molar-refractivity contribution in [3.8, 4) is 11.5 Å². The van der Waals surface area contributed by atoms with Gasteiger partial charge < -0.3 is 23.8 Å². The summed E-state index contributed by atoms with van der Waals surface area (Å²) < 4.78 is 41.6. The van der Waals surface area contributed by atoms with Crippen LogP contribution in [0.5, 0.6) is 11.5 Å². The highest BCUT2D eigenvalue weighted by atomic mass is 19.3. The van der Waals surface area contributed by atoms with E-state index < -0.39 is 12.2 Å². The maximum absolute atomic E-state index is 13.0. The van der Waals surface area contributed by atoms with Gasteiger partial charge in [0.25, 0.3) is 11.5 Å². The highest BCUT2D eigenvalue weighted by molar-refractivity contribution is 6.02. The number of halogens is 2. The number of ether oxygens (including phenoxy) is 2. The number of hydrogen-bond acceptors (Lipinski definition) is 5. The van der Waals surface area contributed by atoms with E-state index in [1.54, 1.807) is 24.4 Å². The van der Waals surface area contributed by atoms with Crippen LogP contribution in [0.3, 0.4) is 0 Å². The second-order valence-corrected chi connectivity index (χ2v) is 5.72. The Morgan fingerprint density at radius 2 is 1.89 bits per heavy atom. The molecule has 2 aromatic heterocycles. The zero-order chi connectivity index (χ0) is 19.0. The molecule has 1 N–H and O–H groups in total. The SMILES string of the molecule is O=C(Nc1ccc2c(c1)OC(F)(F)O2)c1ccc(Cn2ccccc2=O)o1. The lowest BCUT2D eigenvalue weighted by Crippen LogP contribution is -2.25. The molecule has 0 saturated heterocycles. The largest absolute Gasteiger partial charge is 0.586 e. The van der Waals surface area contributed by atoms with Gasteiger partial charge >= 0.3 is 6.29 Å². The molecule has 0 radical (unpaired) electrons. The number of anilines is 1. The Hall–Kier alpha value is -3.62. The predicted molar refractivity (Wildman–Crippen MR) is 89.1 cm³/mol. The highest BCUT2D eigenvalue weighted by Gasteiger charge is 2.43. The molecule has 1 amide bonds. The Kier molecular flexibility index (Phi) is 3.91. The van der Waals surface area contributed by atoms with E-state index in [0.717, 1.165) is 0 Å². The number of carbonyl (C=O) groups is 1. The summed E-state index contributed by atoms with van der Waals surface area (Å²) in [5.41, 5.74) is 0.0364. The lowest BCUT2D eigenvalue weighted by atomic mass is 10.2. The second kappa shape index (κ2) is 6.27. The quantitative estimate of drug-likeness (QED) is 0.759. The number of nitrogens with zero attached hydrogens (tertiary/aromatic N) is 1. The van der Waals surface area contributed by atoms with Crippen molar-refractivity contribution < 1.29 is 27.5 Å². The first-order valence-electron chi connectivity index (χ1n) is 7.85. The first kappa shape index (κ1) is 16.8. The van der Waals surface area contributed by atoms with Crippen molar-refractivity contribution in [2.75, 3.05) is 5.32 Å². The Bertz CT molecular complexity index is 1070. The molecule has 0 unspecified atom stereocenters. The molecule has 0 saturated carbocycles. The number of alkyl halides is 2. The van der Waals surface area contributed by atoms with Crippen LogP contribution in [0.1, 0.15) is 16.3 Å². The van der Waals surface area contributed by atoms with Crippen molar-refractivity contribution >= 4 is 11.6 Å². The van der Waals surface area contributed by atoms with Crippen LogP contribution in [-0.4, -0.2) is 16.8 Å². The molecule has 7 nitrogen and oxygen atoms in total. The van der Waals surface area contributed by atoms with E-state index in [4.69, 9.17) is 4.42 Å². The van der Waals surface area contributed by atoms with E-state index in [2.05, 4.69) is 14.8 Å². The minimum atomic E-state index is -3.73. The van der Waals surface area contributed by atoms with Crippen LogP contribution in [0, 0.1) is 0 Å². The van der Waals surface area contributed by atoms with E-state index in [-0.39, 0.29) is 35.1 Å². The van der Waals surface area contributed by atoms with Crippen molar-refractivity contribution in [2.45, 2.75) is 12.8 Å². The number of nitrogens with one attached hydrogen (secondary N) is 1. The molecule has 0 atom stereocenters. The molecule has 0 spiro atoms. The maximum Gasteiger partial charge on any atom is 0.586 e. The average molecular weight is 374 g/mol. The molecule has 9 heteroatoms.